The number of anilines is 1. The van der Waals surface area contributed by atoms with Crippen molar-refractivity contribution in [2.24, 2.45) is 0 Å². The fourth-order valence-electron chi connectivity index (χ4n) is 1.20. The monoisotopic (exact) mass is 220 g/mol. The molecule has 0 fully saturated rings. The minimum absolute atomic E-state index is 0.130. The summed E-state index contributed by atoms with van der Waals surface area (Å²) in [6.07, 6.45) is 2.34. The fraction of sp³-hybridized carbons (Fsp3) is 0.333. The van der Waals surface area contributed by atoms with Gasteiger partial charge in [0.25, 0.3) is 5.91 Å². The molecular formula is C9H12N6O. The number of amides is 1. The van der Waals surface area contributed by atoms with Gasteiger partial charge >= 0.3 is 0 Å². The number of aromatic nitrogens is 5. The predicted octanol–water partition coefficient (Wildman–Crippen LogP) is 0.651. The van der Waals surface area contributed by atoms with Gasteiger partial charge in [0.05, 0.1) is 6.20 Å². The van der Waals surface area contributed by atoms with Crippen LogP contribution in [-0.4, -0.2) is 31.3 Å². The summed E-state index contributed by atoms with van der Waals surface area (Å²) in [6.45, 7) is 3.77. The number of H-pyrrole nitrogens is 2. The van der Waals surface area contributed by atoms with E-state index in [1.165, 1.54) is 0 Å². The van der Waals surface area contributed by atoms with Gasteiger partial charge in [0.15, 0.2) is 0 Å². The molecule has 0 saturated carbocycles. The third kappa shape index (κ3) is 1.92. The lowest BCUT2D eigenvalue weighted by Gasteiger charge is -1.99. The maximum atomic E-state index is 11.7. The molecule has 0 saturated heterocycles. The second-order valence-electron chi connectivity index (χ2n) is 3.34. The standard InChI is InChI=1S/C9H12N6O/c1-3-6-11-8(15-13-6)9(16)12-7-5(2)4-10-14-7/h4H,3H2,1-2H3,(H,11,13,15)(H2,10,12,14,16). The van der Waals surface area contributed by atoms with Crippen LogP contribution in [0.4, 0.5) is 5.82 Å². The van der Waals surface area contributed by atoms with E-state index in [1.807, 2.05) is 13.8 Å². The average molecular weight is 220 g/mol. The molecule has 0 bridgehead atoms. The Morgan fingerprint density at radius 1 is 1.50 bits per heavy atom. The number of nitrogens with zero attached hydrogens (tertiary/aromatic N) is 3. The summed E-state index contributed by atoms with van der Waals surface area (Å²) in [5, 5.41) is 15.6. The minimum Gasteiger partial charge on any atom is -0.304 e. The van der Waals surface area contributed by atoms with Crippen LogP contribution >= 0.6 is 0 Å². The SMILES string of the molecule is CCc1nc(C(=O)Nc2[nH]ncc2C)n[nH]1. The molecule has 2 aromatic rings. The Labute approximate surface area is 91.7 Å². The number of nitrogens with one attached hydrogen (secondary N) is 3. The molecule has 0 unspecified atom stereocenters. The highest BCUT2D eigenvalue weighted by atomic mass is 16.2. The minimum atomic E-state index is -0.358. The molecule has 1 amide bonds. The summed E-state index contributed by atoms with van der Waals surface area (Å²) in [5.74, 6) is 1.02. The summed E-state index contributed by atoms with van der Waals surface area (Å²) in [7, 11) is 0. The topological polar surface area (TPSA) is 99.3 Å². The summed E-state index contributed by atoms with van der Waals surface area (Å²) < 4.78 is 0. The van der Waals surface area contributed by atoms with E-state index in [0.717, 1.165) is 5.56 Å². The highest BCUT2D eigenvalue weighted by Crippen LogP contribution is 2.09. The van der Waals surface area contributed by atoms with E-state index < -0.39 is 0 Å². The Kier molecular flexibility index (Phi) is 2.67. The lowest BCUT2D eigenvalue weighted by atomic mass is 10.4. The van der Waals surface area contributed by atoms with Gasteiger partial charge in [-0.1, -0.05) is 6.92 Å². The molecule has 0 atom stereocenters. The van der Waals surface area contributed by atoms with Crippen molar-refractivity contribution in [2.45, 2.75) is 20.3 Å². The zero-order valence-electron chi connectivity index (χ0n) is 9.03. The second-order valence-corrected chi connectivity index (χ2v) is 3.34. The quantitative estimate of drug-likeness (QED) is 0.707. The number of hydrogen-bond donors (Lipinski definition) is 3. The predicted molar refractivity (Wildman–Crippen MR) is 57.0 cm³/mol. The third-order valence-corrected chi connectivity index (χ3v) is 2.14. The van der Waals surface area contributed by atoms with Crippen LogP contribution in [0.1, 0.15) is 28.9 Å². The molecule has 2 rings (SSSR count). The van der Waals surface area contributed by atoms with Gasteiger partial charge in [-0.3, -0.25) is 15.0 Å². The normalized spacial score (nSPS) is 10.4. The number of aromatic amines is 2. The van der Waals surface area contributed by atoms with Crippen LogP contribution in [0.5, 0.6) is 0 Å². The van der Waals surface area contributed by atoms with Gasteiger partial charge in [-0.15, -0.1) is 5.10 Å². The zero-order chi connectivity index (χ0) is 11.5. The molecule has 0 aliphatic carbocycles. The fourth-order valence-corrected chi connectivity index (χ4v) is 1.20. The summed E-state index contributed by atoms with van der Waals surface area (Å²) in [4.78, 5) is 15.7. The van der Waals surface area contributed by atoms with Crippen molar-refractivity contribution in [1.82, 2.24) is 25.4 Å². The van der Waals surface area contributed by atoms with Crippen LogP contribution in [0.3, 0.4) is 0 Å². The molecule has 3 N–H and O–H groups in total. The molecule has 0 spiro atoms. The molecule has 0 aromatic carbocycles. The molecule has 84 valence electrons. The number of rotatable bonds is 3. The summed E-state index contributed by atoms with van der Waals surface area (Å²) in [5.41, 5.74) is 0.861. The maximum Gasteiger partial charge on any atom is 0.296 e. The Morgan fingerprint density at radius 2 is 2.31 bits per heavy atom. The molecule has 7 heteroatoms. The third-order valence-electron chi connectivity index (χ3n) is 2.14. The average Bonchev–Trinajstić information content (AvgIpc) is 2.88. The van der Waals surface area contributed by atoms with E-state index in [0.29, 0.717) is 18.1 Å². The number of carbonyl (C=O) groups excluding carboxylic acids is 1. The van der Waals surface area contributed by atoms with E-state index in [1.54, 1.807) is 6.20 Å². The molecule has 2 heterocycles. The Morgan fingerprint density at radius 3 is 2.88 bits per heavy atom. The van der Waals surface area contributed by atoms with Gasteiger partial charge in [0.1, 0.15) is 11.6 Å². The summed E-state index contributed by atoms with van der Waals surface area (Å²) >= 11 is 0. The number of hydrogen-bond acceptors (Lipinski definition) is 4. The van der Waals surface area contributed by atoms with Gasteiger partial charge in [-0.2, -0.15) is 5.10 Å². The Bertz CT molecular complexity index is 500. The van der Waals surface area contributed by atoms with Crippen molar-refractivity contribution in [2.75, 3.05) is 5.32 Å². The molecule has 0 aliphatic rings. The van der Waals surface area contributed by atoms with Crippen LogP contribution in [-0.2, 0) is 6.42 Å². The molecule has 0 aliphatic heterocycles. The van der Waals surface area contributed by atoms with E-state index in [9.17, 15) is 4.79 Å². The molecule has 7 nitrogen and oxygen atoms in total. The molecule has 2 aromatic heterocycles. The van der Waals surface area contributed by atoms with Gasteiger partial charge in [-0.25, -0.2) is 4.98 Å². The largest absolute Gasteiger partial charge is 0.304 e. The van der Waals surface area contributed by atoms with Crippen LogP contribution < -0.4 is 5.32 Å². The first kappa shape index (κ1) is 10.3. The first-order chi connectivity index (χ1) is 7.70. The first-order valence-corrected chi connectivity index (χ1v) is 4.93. The van der Waals surface area contributed by atoms with Crippen molar-refractivity contribution < 1.29 is 4.79 Å². The van der Waals surface area contributed by atoms with Crippen LogP contribution in [0.2, 0.25) is 0 Å². The summed E-state index contributed by atoms with van der Waals surface area (Å²) in [6, 6.07) is 0. The molecule has 0 radical (unpaired) electrons. The van der Waals surface area contributed by atoms with Gasteiger partial charge < -0.3 is 5.32 Å². The Balaban J connectivity index is 2.11. The number of carbonyl (C=O) groups is 1. The lowest BCUT2D eigenvalue weighted by molar-refractivity contribution is 0.101. The van der Waals surface area contributed by atoms with E-state index in [4.69, 9.17) is 0 Å². The van der Waals surface area contributed by atoms with E-state index >= 15 is 0 Å². The van der Waals surface area contributed by atoms with Crippen molar-refractivity contribution in [3.8, 4) is 0 Å². The van der Waals surface area contributed by atoms with Crippen LogP contribution in [0.15, 0.2) is 6.20 Å². The van der Waals surface area contributed by atoms with Crippen molar-refractivity contribution in [3.05, 3.63) is 23.4 Å². The van der Waals surface area contributed by atoms with Gasteiger partial charge in [0, 0.05) is 12.0 Å². The highest BCUT2D eigenvalue weighted by Gasteiger charge is 2.13. The van der Waals surface area contributed by atoms with Gasteiger partial charge in [0.2, 0.25) is 5.82 Å². The van der Waals surface area contributed by atoms with E-state index in [2.05, 4.69) is 30.7 Å². The zero-order valence-corrected chi connectivity index (χ0v) is 9.03. The Hall–Kier alpha value is -2.18. The van der Waals surface area contributed by atoms with E-state index in [-0.39, 0.29) is 11.7 Å². The van der Waals surface area contributed by atoms with Crippen molar-refractivity contribution in [1.29, 1.82) is 0 Å². The maximum absolute atomic E-state index is 11.7. The second kappa shape index (κ2) is 4.13. The van der Waals surface area contributed by atoms with Crippen LogP contribution in [0.25, 0.3) is 0 Å². The van der Waals surface area contributed by atoms with Crippen molar-refractivity contribution in [3.63, 3.8) is 0 Å². The van der Waals surface area contributed by atoms with Gasteiger partial charge in [-0.05, 0) is 6.92 Å². The smallest absolute Gasteiger partial charge is 0.296 e. The van der Waals surface area contributed by atoms with Crippen molar-refractivity contribution >= 4 is 11.7 Å². The first-order valence-electron chi connectivity index (χ1n) is 4.93. The molecule has 16 heavy (non-hydrogen) atoms. The van der Waals surface area contributed by atoms with Crippen LogP contribution in [0, 0.1) is 6.92 Å². The molecular weight excluding hydrogens is 208 g/mol. The number of aryl methyl sites for hydroxylation is 2. The highest BCUT2D eigenvalue weighted by molar-refractivity contribution is 6.01. The lowest BCUT2D eigenvalue weighted by Crippen LogP contribution is -2.14.